The minimum atomic E-state index is -3.72. The quantitative estimate of drug-likeness (QED) is 0.699. The first-order valence-electron chi connectivity index (χ1n) is 6.99. The Morgan fingerprint density at radius 1 is 1.08 bits per heavy atom. The molecule has 5 nitrogen and oxygen atoms in total. The van der Waals surface area contributed by atoms with E-state index >= 15 is 0 Å². The van der Waals surface area contributed by atoms with Crippen molar-refractivity contribution in [2.75, 3.05) is 4.72 Å². The van der Waals surface area contributed by atoms with Crippen molar-refractivity contribution in [1.82, 2.24) is 9.78 Å². The number of hydrogen-bond donors (Lipinski definition) is 1. The summed E-state index contributed by atoms with van der Waals surface area (Å²) in [6.07, 6.45) is 1.59. The van der Waals surface area contributed by atoms with Gasteiger partial charge in [-0.1, -0.05) is 34.1 Å². The lowest BCUT2D eigenvalue weighted by molar-refractivity contribution is 0.585. The molecule has 124 valence electrons. The van der Waals surface area contributed by atoms with Crippen LogP contribution >= 0.6 is 15.9 Å². The SMILES string of the molecule is O=S(=O)(Nc1ccn(Cc2ccccc2F)n1)c1ccc(Br)cc1. The Bertz CT molecular complexity index is 955. The van der Waals surface area contributed by atoms with Gasteiger partial charge in [-0.15, -0.1) is 0 Å². The minimum Gasteiger partial charge on any atom is -0.266 e. The van der Waals surface area contributed by atoms with Crippen LogP contribution in [0.25, 0.3) is 0 Å². The molecule has 0 aliphatic heterocycles. The summed E-state index contributed by atoms with van der Waals surface area (Å²) in [5, 5.41) is 4.13. The van der Waals surface area contributed by atoms with Crippen LogP contribution in [0.2, 0.25) is 0 Å². The van der Waals surface area contributed by atoms with Crippen molar-refractivity contribution < 1.29 is 12.8 Å². The molecule has 0 aliphatic carbocycles. The molecule has 0 atom stereocenters. The molecule has 0 amide bonds. The standard InChI is InChI=1S/C16H13BrFN3O2S/c17-13-5-7-14(8-6-13)24(22,23)20-16-9-10-21(19-16)11-12-3-1-2-4-15(12)18/h1-10H,11H2,(H,19,20). The molecule has 1 aromatic heterocycles. The molecular formula is C16H13BrFN3O2S. The predicted octanol–water partition coefficient (Wildman–Crippen LogP) is 3.63. The summed E-state index contributed by atoms with van der Waals surface area (Å²) in [5.74, 6) is -0.153. The molecular weight excluding hydrogens is 397 g/mol. The van der Waals surface area contributed by atoms with Crippen molar-refractivity contribution in [2.45, 2.75) is 11.4 Å². The molecule has 3 aromatic rings. The number of benzene rings is 2. The summed E-state index contributed by atoms with van der Waals surface area (Å²) in [6.45, 7) is 0.215. The molecule has 0 fully saturated rings. The first-order valence-corrected chi connectivity index (χ1v) is 9.27. The Balaban J connectivity index is 1.76. The van der Waals surface area contributed by atoms with Gasteiger partial charge in [0.25, 0.3) is 10.0 Å². The second-order valence-electron chi connectivity index (χ2n) is 5.05. The van der Waals surface area contributed by atoms with Gasteiger partial charge in [0.1, 0.15) is 5.82 Å². The maximum Gasteiger partial charge on any atom is 0.263 e. The maximum absolute atomic E-state index is 13.7. The molecule has 8 heteroatoms. The second kappa shape index (κ2) is 6.74. The highest BCUT2D eigenvalue weighted by atomic mass is 79.9. The Kier molecular flexibility index (Phi) is 4.68. The second-order valence-corrected chi connectivity index (χ2v) is 7.65. The maximum atomic E-state index is 13.7. The van der Waals surface area contributed by atoms with Gasteiger partial charge in [0.15, 0.2) is 5.82 Å². The number of hydrogen-bond acceptors (Lipinski definition) is 3. The van der Waals surface area contributed by atoms with E-state index in [0.717, 1.165) is 4.47 Å². The molecule has 1 N–H and O–H groups in total. The van der Waals surface area contributed by atoms with E-state index in [1.54, 1.807) is 36.5 Å². The number of anilines is 1. The molecule has 0 aliphatic rings. The number of halogens is 2. The van der Waals surface area contributed by atoms with E-state index in [9.17, 15) is 12.8 Å². The normalized spacial score (nSPS) is 11.4. The van der Waals surface area contributed by atoms with E-state index in [-0.39, 0.29) is 23.1 Å². The first-order chi connectivity index (χ1) is 11.4. The number of aromatic nitrogens is 2. The predicted molar refractivity (Wildman–Crippen MR) is 92.7 cm³/mol. The Hall–Kier alpha value is -2.19. The van der Waals surface area contributed by atoms with Crippen LogP contribution in [-0.2, 0) is 16.6 Å². The summed E-state index contributed by atoms with van der Waals surface area (Å²) in [6, 6.07) is 14.2. The van der Waals surface area contributed by atoms with Gasteiger partial charge in [-0.2, -0.15) is 5.10 Å². The molecule has 0 spiro atoms. The van der Waals surface area contributed by atoms with E-state index in [0.29, 0.717) is 5.56 Å². The molecule has 1 heterocycles. The van der Waals surface area contributed by atoms with Crippen LogP contribution in [0.3, 0.4) is 0 Å². The highest BCUT2D eigenvalue weighted by molar-refractivity contribution is 9.10. The third-order valence-corrected chi connectivity index (χ3v) is 5.19. The van der Waals surface area contributed by atoms with Crippen LogP contribution in [0.4, 0.5) is 10.2 Å². The Morgan fingerprint density at radius 3 is 2.50 bits per heavy atom. The van der Waals surface area contributed by atoms with Gasteiger partial charge in [-0.25, -0.2) is 12.8 Å². The van der Waals surface area contributed by atoms with Crippen LogP contribution < -0.4 is 4.72 Å². The van der Waals surface area contributed by atoms with Gasteiger partial charge in [0, 0.05) is 22.3 Å². The minimum absolute atomic E-state index is 0.134. The van der Waals surface area contributed by atoms with Crippen molar-refractivity contribution in [1.29, 1.82) is 0 Å². The topological polar surface area (TPSA) is 64.0 Å². The van der Waals surface area contributed by atoms with Crippen LogP contribution in [-0.4, -0.2) is 18.2 Å². The summed E-state index contributed by atoms with van der Waals surface area (Å²) in [5.41, 5.74) is 0.475. The number of nitrogens with zero attached hydrogens (tertiary/aromatic N) is 2. The largest absolute Gasteiger partial charge is 0.266 e. The van der Waals surface area contributed by atoms with Crippen molar-refractivity contribution >= 4 is 31.8 Å². The van der Waals surface area contributed by atoms with Gasteiger partial charge in [-0.3, -0.25) is 9.40 Å². The molecule has 2 aromatic carbocycles. The van der Waals surface area contributed by atoms with Gasteiger partial charge in [0.2, 0.25) is 0 Å². The number of rotatable bonds is 5. The van der Waals surface area contributed by atoms with Gasteiger partial charge < -0.3 is 0 Å². The van der Waals surface area contributed by atoms with Crippen molar-refractivity contribution in [3.05, 3.63) is 76.6 Å². The molecule has 0 saturated heterocycles. The fourth-order valence-electron chi connectivity index (χ4n) is 2.12. The number of nitrogens with one attached hydrogen (secondary N) is 1. The van der Waals surface area contributed by atoms with E-state index in [4.69, 9.17) is 0 Å². The monoisotopic (exact) mass is 409 g/mol. The molecule has 3 rings (SSSR count). The zero-order valence-corrected chi connectivity index (χ0v) is 14.8. The molecule has 24 heavy (non-hydrogen) atoms. The van der Waals surface area contributed by atoms with E-state index in [1.807, 2.05) is 0 Å². The lowest BCUT2D eigenvalue weighted by atomic mass is 10.2. The van der Waals surface area contributed by atoms with Crippen molar-refractivity contribution in [3.63, 3.8) is 0 Å². The summed E-state index contributed by atoms with van der Waals surface area (Å²) in [4.78, 5) is 0.134. The first kappa shape index (κ1) is 16.7. The summed E-state index contributed by atoms with van der Waals surface area (Å²) in [7, 11) is -3.72. The Morgan fingerprint density at radius 2 is 1.79 bits per heavy atom. The fourth-order valence-corrected chi connectivity index (χ4v) is 3.38. The molecule has 0 unspecified atom stereocenters. The van der Waals surface area contributed by atoms with E-state index in [1.165, 1.54) is 28.9 Å². The van der Waals surface area contributed by atoms with Gasteiger partial charge in [0.05, 0.1) is 11.4 Å². The highest BCUT2D eigenvalue weighted by Gasteiger charge is 2.15. The lowest BCUT2D eigenvalue weighted by Crippen LogP contribution is -2.13. The Labute approximate surface area is 147 Å². The molecule has 0 saturated carbocycles. The molecule has 0 bridgehead atoms. The number of sulfonamides is 1. The highest BCUT2D eigenvalue weighted by Crippen LogP contribution is 2.18. The van der Waals surface area contributed by atoms with E-state index in [2.05, 4.69) is 25.8 Å². The van der Waals surface area contributed by atoms with Crippen molar-refractivity contribution in [3.8, 4) is 0 Å². The average molecular weight is 410 g/mol. The van der Waals surface area contributed by atoms with Crippen LogP contribution in [0.1, 0.15) is 5.56 Å². The van der Waals surface area contributed by atoms with E-state index < -0.39 is 10.0 Å². The lowest BCUT2D eigenvalue weighted by Gasteiger charge is -2.06. The van der Waals surface area contributed by atoms with Crippen molar-refractivity contribution in [2.24, 2.45) is 0 Å². The van der Waals surface area contributed by atoms with Crippen LogP contribution in [0.15, 0.2) is 70.2 Å². The molecule has 0 radical (unpaired) electrons. The zero-order chi connectivity index (χ0) is 17.2. The smallest absolute Gasteiger partial charge is 0.263 e. The van der Waals surface area contributed by atoms with Gasteiger partial charge >= 0.3 is 0 Å². The third-order valence-electron chi connectivity index (χ3n) is 3.29. The summed E-state index contributed by atoms with van der Waals surface area (Å²) >= 11 is 3.26. The third kappa shape index (κ3) is 3.82. The summed E-state index contributed by atoms with van der Waals surface area (Å²) < 4.78 is 42.9. The van der Waals surface area contributed by atoms with Crippen LogP contribution in [0, 0.1) is 5.82 Å². The zero-order valence-electron chi connectivity index (χ0n) is 12.4. The fraction of sp³-hybridized carbons (Fsp3) is 0.0625. The average Bonchev–Trinajstić information content (AvgIpc) is 2.96. The van der Waals surface area contributed by atoms with Gasteiger partial charge in [-0.05, 0) is 30.3 Å². The van der Waals surface area contributed by atoms with Crippen LogP contribution in [0.5, 0.6) is 0 Å².